The Kier molecular flexibility index (Phi) is 6.12. The highest BCUT2D eigenvalue weighted by atomic mass is 16.3. The molecule has 1 heterocycles. The predicted octanol–water partition coefficient (Wildman–Crippen LogP) is 0.618. The number of rotatable bonds is 5. The highest BCUT2D eigenvalue weighted by Crippen LogP contribution is 2.08. The number of hydrogen-bond donors (Lipinski definition) is 1. The van der Waals surface area contributed by atoms with Crippen LogP contribution in [0.15, 0.2) is 0 Å². The third-order valence-corrected chi connectivity index (χ3v) is 3.30. The Labute approximate surface area is 109 Å². The standard InChI is InChI=1S/C13H24N2O3/c1-3-4-5-6-12(17)14-7-9-15(10-8-14)13(18)11(2)16/h11,16H,3-10H2,1-2H3. The molecule has 5 heteroatoms. The van der Waals surface area contributed by atoms with Crippen molar-refractivity contribution in [2.75, 3.05) is 26.2 Å². The topological polar surface area (TPSA) is 60.9 Å². The van der Waals surface area contributed by atoms with E-state index in [4.69, 9.17) is 0 Å². The van der Waals surface area contributed by atoms with Crippen LogP contribution in [0.25, 0.3) is 0 Å². The number of carbonyl (C=O) groups is 2. The minimum absolute atomic E-state index is 0.188. The van der Waals surface area contributed by atoms with Crippen molar-refractivity contribution in [3.63, 3.8) is 0 Å². The van der Waals surface area contributed by atoms with Crippen LogP contribution in [-0.2, 0) is 9.59 Å². The molecule has 1 fully saturated rings. The second-order valence-electron chi connectivity index (χ2n) is 4.84. The van der Waals surface area contributed by atoms with E-state index < -0.39 is 6.10 Å². The molecule has 1 rings (SSSR count). The van der Waals surface area contributed by atoms with Crippen LogP contribution in [0.3, 0.4) is 0 Å². The van der Waals surface area contributed by atoms with Gasteiger partial charge in [0.2, 0.25) is 5.91 Å². The van der Waals surface area contributed by atoms with E-state index in [0.717, 1.165) is 19.3 Å². The summed E-state index contributed by atoms with van der Waals surface area (Å²) in [7, 11) is 0. The molecule has 1 N–H and O–H groups in total. The van der Waals surface area contributed by atoms with Crippen LogP contribution in [0.5, 0.6) is 0 Å². The molecule has 2 amide bonds. The van der Waals surface area contributed by atoms with Gasteiger partial charge in [0.1, 0.15) is 6.10 Å². The van der Waals surface area contributed by atoms with Crippen LogP contribution in [-0.4, -0.2) is 59.0 Å². The largest absolute Gasteiger partial charge is 0.384 e. The van der Waals surface area contributed by atoms with Crippen LogP contribution in [0, 0.1) is 0 Å². The number of amides is 2. The highest BCUT2D eigenvalue weighted by molar-refractivity contribution is 5.81. The van der Waals surface area contributed by atoms with Crippen molar-refractivity contribution < 1.29 is 14.7 Å². The van der Waals surface area contributed by atoms with Gasteiger partial charge < -0.3 is 14.9 Å². The van der Waals surface area contributed by atoms with Gasteiger partial charge in [0.15, 0.2) is 0 Å². The lowest BCUT2D eigenvalue weighted by molar-refractivity contribution is -0.144. The molecule has 1 saturated heterocycles. The first-order valence-electron chi connectivity index (χ1n) is 6.81. The molecule has 104 valence electrons. The maximum absolute atomic E-state index is 11.9. The van der Waals surface area contributed by atoms with E-state index in [9.17, 15) is 14.7 Å². The summed E-state index contributed by atoms with van der Waals surface area (Å²) in [6.45, 7) is 5.83. The van der Waals surface area contributed by atoms with Gasteiger partial charge in [0.05, 0.1) is 0 Å². The number of aliphatic hydroxyl groups is 1. The smallest absolute Gasteiger partial charge is 0.251 e. The summed E-state index contributed by atoms with van der Waals surface area (Å²) in [5, 5.41) is 9.22. The van der Waals surface area contributed by atoms with E-state index in [1.165, 1.54) is 6.92 Å². The fraction of sp³-hybridized carbons (Fsp3) is 0.846. The van der Waals surface area contributed by atoms with Crippen molar-refractivity contribution in [3.8, 4) is 0 Å². The van der Waals surface area contributed by atoms with E-state index in [-0.39, 0.29) is 11.8 Å². The van der Waals surface area contributed by atoms with E-state index in [1.807, 2.05) is 4.90 Å². The molecule has 0 saturated carbocycles. The van der Waals surface area contributed by atoms with E-state index in [1.54, 1.807) is 4.90 Å². The van der Waals surface area contributed by atoms with Crippen LogP contribution in [0.1, 0.15) is 39.5 Å². The summed E-state index contributed by atoms with van der Waals surface area (Å²) in [5.41, 5.74) is 0. The van der Waals surface area contributed by atoms with Gasteiger partial charge in [-0.1, -0.05) is 19.8 Å². The molecule has 0 aromatic heterocycles. The first-order valence-corrected chi connectivity index (χ1v) is 6.81. The average molecular weight is 256 g/mol. The summed E-state index contributed by atoms with van der Waals surface area (Å²) < 4.78 is 0. The molecule has 1 unspecified atom stereocenters. The minimum Gasteiger partial charge on any atom is -0.384 e. The molecule has 1 atom stereocenters. The van der Waals surface area contributed by atoms with E-state index >= 15 is 0 Å². The van der Waals surface area contributed by atoms with E-state index in [0.29, 0.717) is 32.6 Å². The normalized spacial score (nSPS) is 17.7. The molecular formula is C13H24N2O3. The van der Waals surface area contributed by atoms with Crippen LogP contribution in [0.4, 0.5) is 0 Å². The molecular weight excluding hydrogens is 232 g/mol. The van der Waals surface area contributed by atoms with Crippen molar-refractivity contribution in [1.29, 1.82) is 0 Å². The Morgan fingerprint density at radius 3 is 2.17 bits per heavy atom. The molecule has 0 bridgehead atoms. The molecule has 0 aromatic rings. The molecule has 1 aliphatic heterocycles. The third-order valence-electron chi connectivity index (χ3n) is 3.30. The van der Waals surface area contributed by atoms with Gasteiger partial charge in [-0.25, -0.2) is 0 Å². The second-order valence-corrected chi connectivity index (χ2v) is 4.84. The lowest BCUT2D eigenvalue weighted by atomic mass is 10.2. The molecule has 0 radical (unpaired) electrons. The Balaban J connectivity index is 2.30. The zero-order chi connectivity index (χ0) is 13.5. The van der Waals surface area contributed by atoms with Gasteiger partial charge in [0, 0.05) is 32.6 Å². The van der Waals surface area contributed by atoms with Gasteiger partial charge in [-0.2, -0.15) is 0 Å². The summed E-state index contributed by atoms with van der Waals surface area (Å²) >= 11 is 0. The minimum atomic E-state index is -0.947. The molecule has 0 aromatic carbocycles. The molecule has 1 aliphatic rings. The van der Waals surface area contributed by atoms with Gasteiger partial charge in [-0.3, -0.25) is 9.59 Å². The number of nitrogens with zero attached hydrogens (tertiary/aromatic N) is 2. The van der Waals surface area contributed by atoms with Crippen LogP contribution < -0.4 is 0 Å². The maximum atomic E-state index is 11.9. The van der Waals surface area contributed by atoms with Gasteiger partial charge >= 0.3 is 0 Å². The number of carbonyl (C=O) groups excluding carboxylic acids is 2. The maximum Gasteiger partial charge on any atom is 0.251 e. The highest BCUT2D eigenvalue weighted by Gasteiger charge is 2.25. The first kappa shape index (κ1) is 15.0. The summed E-state index contributed by atoms with van der Waals surface area (Å²) in [6, 6.07) is 0. The van der Waals surface area contributed by atoms with Crippen molar-refractivity contribution >= 4 is 11.8 Å². The SMILES string of the molecule is CCCCCC(=O)N1CCN(C(=O)C(C)O)CC1. The number of piperazine rings is 1. The van der Waals surface area contributed by atoms with Crippen LogP contribution in [0.2, 0.25) is 0 Å². The van der Waals surface area contributed by atoms with Crippen molar-refractivity contribution in [2.24, 2.45) is 0 Å². The van der Waals surface area contributed by atoms with E-state index in [2.05, 4.69) is 6.92 Å². The van der Waals surface area contributed by atoms with Gasteiger partial charge in [-0.05, 0) is 13.3 Å². The molecule has 0 aliphatic carbocycles. The second kappa shape index (κ2) is 7.36. The summed E-state index contributed by atoms with van der Waals surface area (Å²) in [5.74, 6) is -0.0549. The Hall–Kier alpha value is -1.10. The van der Waals surface area contributed by atoms with Gasteiger partial charge in [-0.15, -0.1) is 0 Å². The Morgan fingerprint density at radius 1 is 1.11 bits per heavy atom. The number of unbranched alkanes of at least 4 members (excludes halogenated alkanes) is 2. The van der Waals surface area contributed by atoms with Crippen molar-refractivity contribution in [1.82, 2.24) is 9.80 Å². The van der Waals surface area contributed by atoms with Crippen LogP contribution >= 0.6 is 0 Å². The average Bonchev–Trinajstić information content (AvgIpc) is 2.38. The number of aliphatic hydroxyl groups excluding tert-OH is 1. The quantitative estimate of drug-likeness (QED) is 0.733. The van der Waals surface area contributed by atoms with Crippen molar-refractivity contribution in [2.45, 2.75) is 45.6 Å². The zero-order valence-corrected chi connectivity index (χ0v) is 11.4. The molecule has 5 nitrogen and oxygen atoms in total. The predicted molar refractivity (Wildman–Crippen MR) is 69.0 cm³/mol. The summed E-state index contributed by atoms with van der Waals surface area (Å²) in [4.78, 5) is 26.9. The fourth-order valence-corrected chi connectivity index (χ4v) is 2.12. The third kappa shape index (κ3) is 4.29. The molecule has 18 heavy (non-hydrogen) atoms. The fourth-order valence-electron chi connectivity index (χ4n) is 2.12. The first-order chi connectivity index (χ1) is 8.56. The summed E-state index contributed by atoms with van der Waals surface area (Å²) in [6.07, 6.45) is 2.81. The monoisotopic (exact) mass is 256 g/mol. The Bertz CT molecular complexity index is 284. The lowest BCUT2D eigenvalue weighted by Gasteiger charge is -2.35. The zero-order valence-electron chi connectivity index (χ0n) is 11.4. The van der Waals surface area contributed by atoms with Crippen molar-refractivity contribution in [3.05, 3.63) is 0 Å². The Morgan fingerprint density at radius 2 is 1.67 bits per heavy atom. The lowest BCUT2D eigenvalue weighted by Crippen LogP contribution is -2.52. The molecule has 0 spiro atoms. The van der Waals surface area contributed by atoms with Gasteiger partial charge in [0.25, 0.3) is 5.91 Å². The number of hydrogen-bond acceptors (Lipinski definition) is 3.